The minimum absolute atomic E-state index is 0.0854. The molecular formula is C25H22N2O2S. The van der Waals surface area contributed by atoms with Crippen LogP contribution in [0.3, 0.4) is 0 Å². The largest absolute Gasteiger partial charge is 0.497 e. The van der Waals surface area contributed by atoms with Crippen LogP contribution in [0.5, 0.6) is 5.75 Å². The van der Waals surface area contributed by atoms with Crippen LogP contribution in [-0.4, -0.2) is 18.0 Å². The van der Waals surface area contributed by atoms with Gasteiger partial charge >= 0.3 is 0 Å². The van der Waals surface area contributed by atoms with E-state index in [-0.39, 0.29) is 11.8 Å². The molecule has 4 nitrogen and oxygen atoms in total. The van der Waals surface area contributed by atoms with Crippen molar-refractivity contribution in [1.82, 2.24) is 4.98 Å². The average molecular weight is 415 g/mol. The lowest BCUT2D eigenvalue weighted by Gasteiger charge is -2.17. The topological polar surface area (TPSA) is 51.2 Å². The third-order valence-corrected chi connectivity index (χ3v) is 5.76. The van der Waals surface area contributed by atoms with Crippen LogP contribution in [0.2, 0.25) is 0 Å². The van der Waals surface area contributed by atoms with E-state index in [1.54, 1.807) is 7.11 Å². The lowest BCUT2D eigenvalue weighted by molar-refractivity contribution is -0.116. The number of thiazole rings is 1. The number of benzene rings is 3. The summed E-state index contributed by atoms with van der Waals surface area (Å²) in [5.41, 5.74) is 3.08. The average Bonchev–Trinajstić information content (AvgIpc) is 3.22. The number of nitrogens with one attached hydrogen (secondary N) is 1. The Labute approximate surface area is 180 Å². The number of aromatic nitrogens is 1. The highest BCUT2D eigenvalue weighted by Gasteiger charge is 2.23. The van der Waals surface area contributed by atoms with Crippen LogP contribution in [0.25, 0.3) is 0 Å². The zero-order valence-electron chi connectivity index (χ0n) is 16.6. The van der Waals surface area contributed by atoms with E-state index in [0.717, 1.165) is 28.2 Å². The fourth-order valence-electron chi connectivity index (χ4n) is 3.36. The van der Waals surface area contributed by atoms with Crippen molar-refractivity contribution in [1.29, 1.82) is 0 Å². The first kappa shape index (κ1) is 19.9. The standard InChI is InChI=1S/C25H22N2O2S/c1-29-21-14-12-18(13-15-21)16-22-17-26-25(30-22)27-24(28)23(19-8-4-2-5-9-19)20-10-6-3-7-11-20/h2-15,17,23H,16H2,1H3,(H,26,27,28). The smallest absolute Gasteiger partial charge is 0.238 e. The molecule has 1 amide bonds. The quantitative estimate of drug-likeness (QED) is 0.434. The highest BCUT2D eigenvalue weighted by Crippen LogP contribution is 2.28. The summed E-state index contributed by atoms with van der Waals surface area (Å²) in [6.07, 6.45) is 2.59. The molecule has 1 aromatic heterocycles. The summed E-state index contributed by atoms with van der Waals surface area (Å²) in [6.45, 7) is 0. The lowest BCUT2D eigenvalue weighted by Crippen LogP contribution is -2.22. The molecule has 0 aliphatic rings. The van der Waals surface area contributed by atoms with Crippen LogP contribution in [0.4, 0.5) is 5.13 Å². The van der Waals surface area contributed by atoms with Crippen molar-refractivity contribution in [3.8, 4) is 5.75 Å². The summed E-state index contributed by atoms with van der Waals surface area (Å²) in [7, 11) is 1.66. The van der Waals surface area contributed by atoms with Gasteiger partial charge in [0.25, 0.3) is 0 Å². The van der Waals surface area contributed by atoms with Crippen molar-refractivity contribution >= 4 is 22.4 Å². The van der Waals surface area contributed by atoms with Crippen molar-refractivity contribution in [2.24, 2.45) is 0 Å². The molecule has 150 valence electrons. The molecule has 0 atom stereocenters. The number of hydrogen-bond acceptors (Lipinski definition) is 4. The fourth-order valence-corrected chi connectivity index (χ4v) is 4.20. The third kappa shape index (κ3) is 4.75. The number of methoxy groups -OCH3 is 1. The van der Waals surface area contributed by atoms with Crippen molar-refractivity contribution in [2.75, 3.05) is 12.4 Å². The van der Waals surface area contributed by atoms with Crippen LogP contribution < -0.4 is 10.1 Å². The van der Waals surface area contributed by atoms with Gasteiger partial charge < -0.3 is 10.1 Å². The molecular weight excluding hydrogens is 392 g/mol. The molecule has 0 aliphatic carbocycles. The first-order valence-corrected chi connectivity index (χ1v) is 10.5. The Kier molecular flexibility index (Phi) is 6.20. The Bertz CT molecular complexity index is 1050. The Hall–Kier alpha value is -3.44. The van der Waals surface area contributed by atoms with Gasteiger partial charge in [0.1, 0.15) is 5.75 Å². The van der Waals surface area contributed by atoms with Gasteiger partial charge in [-0.15, -0.1) is 11.3 Å². The minimum atomic E-state index is -0.388. The summed E-state index contributed by atoms with van der Waals surface area (Å²) in [4.78, 5) is 18.7. The number of carbonyl (C=O) groups excluding carboxylic acids is 1. The van der Waals surface area contributed by atoms with E-state index in [9.17, 15) is 4.79 Å². The van der Waals surface area contributed by atoms with Gasteiger partial charge in [-0.2, -0.15) is 0 Å². The van der Waals surface area contributed by atoms with Crippen LogP contribution in [0.1, 0.15) is 27.5 Å². The minimum Gasteiger partial charge on any atom is -0.497 e. The van der Waals surface area contributed by atoms with Crippen LogP contribution in [0.15, 0.2) is 91.1 Å². The monoisotopic (exact) mass is 414 g/mol. The van der Waals surface area contributed by atoms with Gasteiger partial charge in [0, 0.05) is 17.5 Å². The normalized spacial score (nSPS) is 10.7. The number of carbonyl (C=O) groups is 1. The van der Waals surface area contributed by atoms with Crippen molar-refractivity contribution in [3.63, 3.8) is 0 Å². The Morgan fingerprint density at radius 1 is 0.933 bits per heavy atom. The van der Waals surface area contributed by atoms with Crippen LogP contribution in [-0.2, 0) is 11.2 Å². The molecule has 5 heteroatoms. The van der Waals surface area contributed by atoms with E-state index >= 15 is 0 Å². The van der Waals surface area contributed by atoms with E-state index in [1.165, 1.54) is 16.9 Å². The zero-order valence-corrected chi connectivity index (χ0v) is 17.4. The number of hydrogen-bond donors (Lipinski definition) is 1. The molecule has 0 spiro atoms. The van der Waals surface area contributed by atoms with E-state index in [1.807, 2.05) is 91.1 Å². The Balaban J connectivity index is 1.50. The highest BCUT2D eigenvalue weighted by atomic mass is 32.1. The molecule has 0 radical (unpaired) electrons. The van der Waals surface area contributed by atoms with Crippen molar-refractivity contribution in [3.05, 3.63) is 113 Å². The molecule has 0 aliphatic heterocycles. The van der Waals surface area contributed by atoms with Gasteiger partial charge in [-0.1, -0.05) is 72.8 Å². The molecule has 3 aromatic carbocycles. The second-order valence-corrected chi connectivity index (χ2v) is 8.02. The van der Waals surface area contributed by atoms with Crippen molar-refractivity contribution < 1.29 is 9.53 Å². The fraction of sp³-hybridized carbons (Fsp3) is 0.120. The summed E-state index contributed by atoms with van der Waals surface area (Å²) in [5.74, 6) is 0.364. The number of amides is 1. The second-order valence-electron chi connectivity index (χ2n) is 6.90. The molecule has 30 heavy (non-hydrogen) atoms. The van der Waals surface area contributed by atoms with Crippen molar-refractivity contribution in [2.45, 2.75) is 12.3 Å². The van der Waals surface area contributed by atoms with Gasteiger partial charge in [-0.3, -0.25) is 4.79 Å². The molecule has 1 N–H and O–H groups in total. The SMILES string of the molecule is COc1ccc(Cc2cnc(NC(=O)C(c3ccccc3)c3ccccc3)s2)cc1. The van der Waals surface area contributed by atoms with Gasteiger partial charge in [0.05, 0.1) is 13.0 Å². The summed E-state index contributed by atoms with van der Waals surface area (Å²) >= 11 is 1.50. The van der Waals surface area contributed by atoms with E-state index < -0.39 is 0 Å². The molecule has 0 saturated carbocycles. The molecule has 0 bridgehead atoms. The van der Waals surface area contributed by atoms with E-state index in [0.29, 0.717) is 5.13 Å². The Morgan fingerprint density at radius 2 is 1.53 bits per heavy atom. The number of nitrogens with zero attached hydrogens (tertiary/aromatic N) is 1. The van der Waals surface area contributed by atoms with Gasteiger partial charge in [-0.05, 0) is 28.8 Å². The molecule has 4 aromatic rings. The second kappa shape index (κ2) is 9.37. The number of ether oxygens (including phenoxy) is 1. The summed E-state index contributed by atoms with van der Waals surface area (Å²) in [6, 6.07) is 27.6. The van der Waals surface area contributed by atoms with Gasteiger partial charge in [0.2, 0.25) is 5.91 Å². The number of rotatable bonds is 7. The molecule has 0 unspecified atom stereocenters. The maximum absolute atomic E-state index is 13.2. The zero-order chi connectivity index (χ0) is 20.8. The van der Waals surface area contributed by atoms with Crippen LogP contribution >= 0.6 is 11.3 Å². The van der Waals surface area contributed by atoms with E-state index in [2.05, 4.69) is 10.3 Å². The lowest BCUT2D eigenvalue weighted by atomic mass is 9.90. The first-order chi connectivity index (χ1) is 14.7. The van der Waals surface area contributed by atoms with Crippen LogP contribution in [0, 0.1) is 0 Å². The predicted molar refractivity (Wildman–Crippen MR) is 121 cm³/mol. The molecule has 0 fully saturated rings. The summed E-state index contributed by atoms with van der Waals surface area (Å²) in [5, 5.41) is 3.62. The Morgan fingerprint density at radius 3 is 2.10 bits per heavy atom. The molecule has 0 saturated heterocycles. The van der Waals surface area contributed by atoms with E-state index in [4.69, 9.17) is 4.74 Å². The maximum atomic E-state index is 13.2. The number of anilines is 1. The molecule has 1 heterocycles. The molecule has 4 rings (SSSR count). The summed E-state index contributed by atoms with van der Waals surface area (Å²) < 4.78 is 5.21. The predicted octanol–water partition coefficient (Wildman–Crippen LogP) is 5.51. The maximum Gasteiger partial charge on any atom is 0.238 e. The van der Waals surface area contributed by atoms with Gasteiger partial charge in [0.15, 0.2) is 5.13 Å². The first-order valence-electron chi connectivity index (χ1n) is 9.71. The van der Waals surface area contributed by atoms with Gasteiger partial charge in [-0.25, -0.2) is 4.98 Å². The highest BCUT2D eigenvalue weighted by molar-refractivity contribution is 7.15. The third-order valence-electron chi connectivity index (χ3n) is 4.85.